The number of hydrogen-bond donors (Lipinski definition) is 0. The first-order valence-corrected chi connectivity index (χ1v) is 6.57. The van der Waals surface area contributed by atoms with E-state index in [0.29, 0.717) is 19.0 Å². The average molecular weight is 268 g/mol. The monoisotopic (exact) mass is 268 g/mol. The lowest BCUT2D eigenvalue weighted by Gasteiger charge is -2.20. The largest absolute Gasteiger partial charge is 0.469 e. The SMILES string of the molecule is COC(=O)C(C)CN(C)Cc1ncnn1CC(C)C. The fourth-order valence-electron chi connectivity index (χ4n) is 1.96. The minimum absolute atomic E-state index is 0.142. The molecule has 0 spiro atoms. The lowest BCUT2D eigenvalue weighted by atomic mass is 10.2. The molecule has 0 aliphatic rings. The van der Waals surface area contributed by atoms with E-state index in [9.17, 15) is 4.79 Å². The molecule has 19 heavy (non-hydrogen) atoms. The Hall–Kier alpha value is -1.43. The molecule has 0 aliphatic heterocycles. The first-order chi connectivity index (χ1) is 8.93. The summed E-state index contributed by atoms with van der Waals surface area (Å²) in [5.41, 5.74) is 0. The van der Waals surface area contributed by atoms with Crippen LogP contribution >= 0.6 is 0 Å². The molecular formula is C13H24N4O2. The van der Waals surface area contributed by atoms with E-state index < -0.39 is 0 Å². The summed E-state index contributed by atoms with van der Waals surface area (Å²) >= 11 is 0. The Morgan fingerprint density at radius 1 is 1.47 bits per heavy atom. The zero-order valence-corrected chi connectivity index (χ0v) is 12.5. The molecule has 1 aromatic heterocycles. The first kappa shape index (κ1) is 15.6. The van der Waals surface area contributed by atoms with Gasteiger partial charge in [-0.2, -0.15) is 5.10 Å². The minimum atomic E-state index is -0.185. The fourth-order valence-corrected chi connectivity index (χ4v) is 1.96. The van der Waals surface area contributed by atoms with Crippen molar-refractivity contribution in [2.75, 3.05) is 20.7 Å². The van der Waals surface area contributed by atoms with Gasteiger partial charge in [-0.05, 0) is 13.0 Å². The fraction of sp³-hybridized carbons (Fsp3) is 0.769. The molecule has 0 bridgehead atoms. The summed E-state index contributed by atoms with van der Waals surface area (Å²) < 4.78 is 6.65. The van der Waals surface area contributed by atoms with E-state index >= 15 is 0 Å². The quantitative estimate of drug-likeness (QED) is 0.695. The van der Waals surface area contributed by atoms with E-state index in [1.807, 2.05) is 18.7 Å². The van der Waals surface area contributed by atoms with Gasteiger partial charge in [-0.15, -0.1) is 0 Å². The Balaban J connectivity index is 2.55. The molecule has 0 saturated heterocycles. The Labute approximate surface area is 114 Å². The van der Waals surface area contributed by atoms with Crippen LogP contribution in [0.4, 0.5) is 0 Å². The van der Waals surface area contributed by atoms with Crippen LogP contribution in [0.3, 0.4) is 0 Å². The second-order valence-electron chi connectivity index (χ2n) is 5.37. The number of nitrogens with zero attached hydrogens (tertiary/aromatic N) is 4. The van der Waals surface area contributed by atoms with Gasteiger partial charge >= 0.3 is 5.97 Å². The number of carbonyl (C=O) groups is 1. The highest BCUT2D eigenvalue weighted by Crippen LogP contribution is 2.06. The van der Waals surface area contributed by atoms with Crippen molar-refractivity contribution in [3.8, 4) is 0 Å². The smallest absolute Gasteiger partial charge is 0.309 e. The van der Waals surface area contributed by atoms with E-state index in [1.54, 1.807) is 6.33 Å². The number of hydrogen-bond acceptors (Lipinski definition) is 5. The van der Waals surface area contributed by atoms with Crippen molar-refractivity contribution < 1.29 is 9.53 Å². The van der Waals surface area contributed by atoms with Crippen LogP contribution in [0.25, 0.3) is 0 Å². The van der Waals surface area contributed by atoms with Crippen LogP contribution in [0.15, 0.2) is 6.33 Å². The number of ether oxygens (including phenoxy) is 1. The molecule has 0 saturated carbocycles. The van der Waals surface area contributed by atoms with Gasteiger partial charge in [0.25, 0.3) is 0 Å². The van der Waals surface area contributed by atoms with Gasteiger partial charge in [0, 0.05) is 13.1 Å². The topological polar surface area (TPSA) is 60.2 Å². The number of aromatic nitrogens is 3. The molecule has 6 heteroatoms. The van der Waals surface area contributed by atoms with Gasteiger partial charge in [0.2, 0.25) is 0 Å². The first-order valence-electron chi connectivity index (χ1n) is 6.57. The third kappa shape index (κ3) is 4.98. The number of carbonyl (C=O) groups excluding carboxylic acids is 1. The normalized spacial score (nSPS) is 13.0. The highest BCUT2D eigenvalue weighted by atomic mass is 16.5. The standard InChI is InChI=1S/C13H24N4O2/c1-10(2)6-17-12(14-9-15-17)8-16(4)7-11(3)13(18)19-5/h9-11H,6-8H2,1-5H3. The van der Waals surface area contributed by atoms with Gasteiger partial charge < -0.3 is 4.74 Å². The summed E-state index contributed by atoms with van der Waals surface area (Å²) in [5, 5.41) is 4.23. The molecule has 0 N–H and O–H groups in total. The van der Waals surface area contributed by atoms with Crippen LogP contribution < -0.4 is 0 Å². The van der Waals surface area contributed by atoms with Crippen LogP contribution in [0.5, 0.6) is 0 Å². The second-order valence-corrected chi connectivity index (χ2v) is 5.37. The molecule has 0 aromatic carbocycles. The zero-order valence-electron chi connectivity index (χ0n) is 12.5. The molecular weight excluding hydrogens is 244 g/mol. The Morgan fingerprint density at radius 3 is 2.74 bits per heavy atom. The molecule has 1 rings (SSSR count). The Morgan fingerprint density at radius 2 is 2.16 bits per heavy atom. The average Bonchev–Trinajstić information content (AvgIpc) is 2.74. The molecule has 0 radical (unpaired) electrons. The summed E-state index contributed by atoms with van der Waals surface area (Å²) in [6, 6.07) is 0. The predicted molar refractivity (Wildman–Crippen MR) is 72.4 cm³/mol. The maximum atomic E-state index is 11.4. The maximum absolute atomic E-state index is 11.4. The van der Waals surface area contributed by atoms with Crippen molar-refractivity contribution in [2.24, 2.45) is 11.8 Å². The van der Waals surface area contributed by atoms with E-state index in [-0.39, 0.29) is 11.9 Å². The van der Waals surface area contributed by atoms with Gasteiger partial charge in [-0.25, -0.2) is 9.67 Å². The highest BCUT2D eigenvalue weighted by molar-refractivity contribution is 5.71. The number of rotatable bonds is 7. The summed E-state index contributed by atoms with van der Waals surface area (Å²) in [5.74, 6) is 1.12. The molecule has 1 unspecified atom stereocenters. The Bertz CT molecular complexity index is 403. The third-order valence-electron chi connectivity index (χ3n) is 2.83. The van der Waals surface area contributed by atoms with Gasteiger partial charge in [0.05, 0.1) is 19.6 Å². The minimum Gasteiger partial charge on any atom is -0.469 e. The van der Waals surface area contributed by atoms with Gasteiger partial charge in [0.15, 0.2) is 0 Å². The number of esters is 1. The number of methoxy groups -OCH3 is 1. The maximum Gasteiger partial charge on any atom is 0.309 e. The third-order valence-corrected chi connectivity index (χ3v) is 2.83. The van der Waals surface area contributed by atoms with Crippen molar-refractivity contribution in [2.45, 2.75) is 33.9 Å². The van der Waals surface area contributed by atoms with Gasteiger partial charge in [-0.1, -0.05) is 20.8 Å². The van der Waals surface area contributed by atoms with Crippen LogP contribution in [-0.4, -0.2) is 46.3 Å². The molecule has 1 aromatic rings. The van der Waals surface area contributed by atoms with Gasteiger partial charge in [-0.3, -0.25) is 9.69 Å². The van der Waals surface area contributed by atoms with Crippen molar-refractivity contribution in [1.82, 2.24) is 19.7 Å². The molecule has 1 heterocycles. The highest BCUT2D eigenvalue weighted by Gasteiger charge is 2.17. The van der Waals surface area contributed by atoms with Crippen molar-refractivity contribution in [1.29, 1.82) is 0 Å². The van der Waals surface area contributed by atoms with Crippen molar-refractivity contribution >= 4 is 5.97 Å². The summed E-state index contributed by atoms with van der Waals surface area (Å²) in [4.78, 5) is 17.7. The molecule has 0 amide bonds. The molecule has 6 nitrogen and oxygen atoms in total. The molecule has 0 aliphatic carbocycles. The molecule has 1 atom stereocenters. The van der Waals surface area contributed by atoms with Crippen LogP contribution in [0.2, 0.25) is 0 Å². The van der Waals surface area contributed by atoms with Crippen molar-refractivity contribution in [3.63, 3.8) is 0 Å². The summed E-state index contributed by atoms with van der Waals surface area (Å²) in [6.45, 7) is 8.33. The molecule has 108 valence electrons. The van der Waals surface area contributed by atoms with E-state index in [2.05, 4.69) is 28.8 Å². The second kappa shape index (κ2) is 7.23. The lowest BCUT2D eigenvalue weighted by molar-refractivity contribution is -0.145. The summed E-state index contributed by atoms with van der Waals surface area (Å²) in [7, 11) is 3.38. The van der Waals surface area contributed by atoms with Gasteiger partial charge in [0.1, 0.15) is 12.2 Å². The molecule has 0 fully saturated rings. The van der Waals surface area contributed by atoms with Crippen LogP contribution in [0, 0.1) is 11.8 Å². The van der Waals surface area contributed by atoms with Crippen LogP contribution in [-0.2, 0) is 22.6 Å². The lowest BCUT2D eigenvalue weighted by Crippen LogP contribution is -2.30. The Kier molecular flexibility index (Phi) is 5.95. The van der Waals surface area contributed by atoms with Crippen LogP contribution in [0.1, 0.15) is 26.6 Å². The van der Waals surface area contributed by atoms with E-state index in [1.165, 1.54) is 7.11 Å². The van der Waals surface area contributed by atoms with E-state index in [0.717, 1.165) is 12.4 Å². The predicted octanol–water partition coefficient (Wildman–Crippen LogP) is 1.17. The zero-order chi connectivity index (χ0) is 14.4. The summed E-state index contributed by atoms with van der Waals surface area (Å²) in [6.07, 6.45) is 1.58. The van der Waals surface area contributed by atoms with Crippen molar-refractivity contribution in [3.05, 3.63) is 12.2 Å². The van der Waals surface area contributed by atoms with E-state index in [4.69, 9.17) is 4.74 Å².